The van der Waals surface area contributed by atoms with Gasteiger partial charge in [-0.2, -0.15) is 17.0 Å². The molecule has 94 valence electrons. The number of nitro groups is 1. The van der Waals surface area contributed by atoms with Crippen LogP contribution < -0.4 is 5.32 Å². The standard InChI is InChI=1S/C12H13N3O2S/c13-7-9-3-4-12(15(16)17)11(6-9)14-10-2-1-5-18-8-10/h3-4,6,10,14H,1-2,5,8H2. The lowest BCUT2D eigenvalue weighted by Crippen LogP contribution is -2.26. The van der Waals surface area contributed by atoms with E-state index >= 15 is 0 Å². The third kappa shape index (κ3) is 2.93. The van der Waals surface area contributed by atoms with E-state index < -0.39 is 4.92 Å². The van der Waals surface area contributed by atoms with E-state index in [1.54, 1.807) is 6.07 Å². The van der Waals surface area contributed by atoms with Crippen LogP contribution in [0.1, 0.15) is 18.4 Å². The second-order valence-corrected chi connectivity index (χ2v) is 5.31. The largest absolute Gasteiger partial charge is 0.376 e. The molecule has 5 nitrogen and oxygen atoms in total. The van der Waals surface area contributed by atoms with Gasteiger partial charge >= 0.3 is 0 Å². The zero-order chi connectivity index (χ0) is 13.0. The Hall–Kier alpha value is -1.74. The maximum Gasteiger partial charge on any atom is 0.292 e. The SMILES string of the molecule is N#Cc1ccc([N+](=O)[O-])c(NC2CCCSC2)c1. The number of benzene rings is 1. The first-order chi connectivity index (χ1) is 8.70. The molecule has 1 aliphatic heterocycles. The fourth-order valence-electron chi connectivity index (χ4n) is 1.95. The van der Waals surface area contributed by atoms with E-state index in [1.807, 2.05) is 17.8 Å². The van der Waals surface area contributed by atoms with Crippen LogP contribution in [0.3, 0.4) is 0 Å². The van der Waals surface area contributed by atoms with Crippen LogP contribution in [0.2, 0.25) is 0 Å². The maximum absolute atomic E-state index is 10.9. The van der Waals surface area contributed by atoms with Crippen molar-refractivity contribution < 1.29 is 4.92 Å². The summed E-state index contributed by atoms with van der Waals surface area (Å²) in [5.41, 5.74) is 0.919. The number of rotatable bonds is 3. The van der Waals surface area contributed by atoms with Crippen molar-refractivity contribution in [2.75, 3.05) is 16.8 Å². The molecule has 6 heteroatoms. The molecule has 0 bridgehead atoms. The molecule has 0 aromatic heterocycles. The first-order valence-corrected chi connectivity index (χ1v) is 6.89. The van der Waals surface area contributed by atoms with E-state index in [9.17, 15) is 10.1 Å². The van der Waals surface area contributed by atoms with Crippen LogP contribution in [0.25, 0.3) is 0 Å². The van der Waals surface area contributed by atoms with Gasteiger partial charge < -0.3 is 5.32 Å². The van der Waals surface area contributed by atoms with Gasteiger partial charge in [-0.3, -0.25) is 10.1 Å². The summed E-state index contributed by atoms with van der Waals surface area (Å²) in [5.74, 6) is 2.10. The summed E-state index contributed by atoms with van der Waals surface area (Å²) in [4.78, 5) is 10.5. The summed E-state index contributed by atoms with van der Waals surface area (Å²) in [6.45, 7) is 0. The van der Waals surface area contributed by atoms with Crippen molar-refractivity contribution >= 4 is 23.1 Å². The fourth-order valence-corrected chi connectivity index (χ4v) is 3.03. The Morgan fingerprint density at radius 1 is 1.56 bits per heavy atom. The molecule has 1 unspecified atom stereocenters. The van der Waals surface area contributed by atoms with Crippen LogP contribution >= 0.6 is 11.8 Å². The van der Waals surface area contributed by atoms with Gasteiger partial charge in [-0.05, 0) is 30.7 Å². The lowest BCUT2D eigenvalue weighted by atomic mass is 10.1. The second-order valence-electron chi connectivity index (χ2n) is 4.16. The van der Waals surface area contributed by atoms with Crippen molar-refractivity contribution in [1.82, 2.24) is 0 Å². The summed E-state index contributed by atoms with van der Waals surface area (Å²) in [6, 6.07) is 6.66. The summed E-state index contributed by atoms with van der Waals surface area (Å²) >= 11 is 1.85. The highest BCUT2D eigenvalue weighted by atomic mass is 32.2. The molecular weight excluding hydrogens is 250 g/mol. The second kappa shape index (κ2) is 5.74. The van der Waals surface area contributed by atoms with Gasteiger partial charge in [0.25, 0.3) is 5.69 Å². The summed E-state index contributed by atoms with van der Waals surface area (Å²) < 4.78 is 0. The molecule has 0 radical (unpaired) electrons. The first kappa shape index (κ1) is 12.7. The molecule has 1 heterocycles. The quantitative estimate of drug-likeness (QED) is 0.670. The van der Waals surface area contributed by atoms with E-state index in [-0.39, 0.29) is 11.7 Å². The van der Waals surface area contributed by atoms with E-state index in [4.69, 9.17) is 5.26 Å². The highest BCUT2D eigenvalue weighted by Gasteiger charge is 2.19. The smallest absolute Gasteiger partial charge is 0.292 e. The minimum Gasteiger partial charge on any atom is -0.376 e. The number of nitro benzene ring substituents is 1. The van der Waals surface area contributed by atoms with Crippen LogP contribution in [0.5, 0.6) is 0 Å². The number of nitrogens with zero attached hydrogens (tertiary/aromatic N) is 2. The highest BCUT2D eigenvalue weighted by Crippen LogP contribution is 2.28. The number of hydrogen-bond acceptors (Lipinski definition) is 5. The summed E-state index contributed by atoms with van der Waals surface area (Å²) in [7, 11) is 0. The van der Waals surface area contributed by atoms with E-state index in [2.05, 4.69) is 5.32 Å². The Labute approximate surface area is 109 Å². The molecule has 18 heavy (non-hydrogen) atoms. The van der Waals surface area contributed by atoms with Crippen LogP contribution in [0, 0.1) is 21.4 Å². The minimum absolute atomic E-state index is 0.0320. The Morgan fingerprint density at radius 3 is 3.00 bits per heavy atom. The Kier molecular flexibility index (Phi) is 4.05. The monoisotopic (exact) mass is 263 g/mol. The van der Waals surface area contributed by atoms with Gasteiger partial charge in [0.2, 0.25) is 0 Å². The van der Waals surface area contributed by atoms with Gasteiger partial charge in [-0.15, -0.1) is 0 Å². The van der Waals surface area contributed by atoms with Crippen molar-refractivity contribution in [3.63, 3.8) is 0 Å². The zero-order valence-electron chi connectivity index (χ0n) is 9.76. The maximum atomic E-state index is 10.9. The van der Waals surface area contributed by atoms with Gasteiger partial charge in [-0.1, -0.05) is 0 Å². The molecule has 0 aliphatic carbocycles. The van der Waals surface area contributed by atoms with E-state index in [0.717, 1.165) is 24.3 Å². The molecule has 1 aromatic carbocycles. The number of nitriles is 1. The van der Waals surface area contributed by atoms with Gasteiger partial charge in [0.05, 0.1) is 16.6 Å². The van der Waals surface area contributed by atoms with Crippen molar-refractivity contribution in [3.05, 3.63) is 33.9 Å². The molecule has 0 saturated carbocycles. The van der Waals surface area contributed by atoms with Gasteiger partial charge in [-0.25, -0.2) is 0 Å². The molecule has 1 aliphatic rings. The van der Waals surface area contributed by atoms with Crippen LogP contribution in [0.4, 0.5) is 11.4 Å². The molecule has 1 saturated heterocycles. The van der Waals surface area contributed by atoms with Crippen LogP contribution in [0.15, 0.2) is 18.2 Å². The van der Waals surface area contributed by atoms with E-state index in [1.165, 1.54) is 12.1 Å². The third-order valence-electron chi connectivity index (χ3n) is 2.84. The molecule has 2 rings (SSSR count). The number of hydrogen-bond donors (Lipinski definition) is 1. The third-order valence-corrected chi connectivity index (χ3v) is 4.06. The zero-order valence-corrected chi connectivity index (χ0v) is 10.6. The molecule has 0 amide bonds. The average molecular weight is 263 g/mol. The molecule has 0 spiro atoms. The van der Waals surface area contributed by atoms with Crippen LogP contribution in [-0.4, -0.2) is 22.5 Å². The minimum atomic E-state index is -0.417. The summed E-state index contributed by atoms with van der Waals surface area (Å²) in [6.07, 6.45) is 2.13. The highest BCUT2D eigenvalue weighted by molar-refractivity contribution is 7.99. The van der Waals surface area contributed by atoms with Crippen LogP contribution in [-0.2, 0) is 0 Å². The van der Waals surface area contributed by atoms with Crippen molar-refractivity contribution in [2.24, 2.45) is 0 Å². The molecule has 1 N–H and O–H groups in total. The molecule has 1 atom stereocenters. The number of nitrogens with one attached hydrogen (secondary N) is 1. The lowest BCUT2D eigenvalue weighted by molar-refractivity contribution is -0.384. The van der Waals surface area contributed by atoms with Crippen molar-refractivity contribution in [3.8, 4) is 6.07 Å². The average Bonchev–Trinajstić information content (AvgIpc) is 2.39. The summed E-state index contributed by atoms with van der Waals surface area (Å²) in [5, 5.41) is 23.0. The Bertz CT molecular complexity index is 493. The predicted octanol–water partition coefficient (Wildman–Crippen LogP) is 2.77. The lowest BCUT2D eigenvalue weighted by Gasteiger charge is -2.23. The van der Waals surface area contributed by atoms with E-state index in [0.29, 0.717) is 11.3 Å². The Balaban J connectivity index is 2.23. The normalized spacial score (nSPS) is 18.9. The first-order valence-electron chi connectivity index (χ1n) is 5.73. The predicted molar refractivity (Wildman–Crippen MR) is 71.8 cm³/mol. The molecule has 1 aromatic rings. The molecular formula is C12H13N3O2S. The number of thioether (sulfide) groups is 1. The molecule has 1 fully saturated rings. The fraction of sp³-hybridized carbons (Fsp3) is 0.417. The Morgan fingerprint density at radius 2 is 2.39 bits per heavy atom. The van der Waals surface area contributed by atoms with Gasteiger partial charge in [0.1, 0.15) is 5.69 Å². The number of anilines is 1. The van der Waals surface area contributed by atoms with Crippen molar-refractivity contribution in [1.29, 1.82) is 5.26 Å². The van der Waals surface area contributed by atoms with Gasteiger partial charge in [0.15, 0.2) is 0 Å². The van der Waals surface area contributed by atoms with Gasteiger partial charge in [0, 0.05) is 17.9 Å². The van der Waals surface area contributed by atoms with Crippen molar-refractivity contribution in [2.45, 2.75) is 18.9 Å². The topological polar surface area (TPSA) is 79.0 Å².